The van der Waals surface area contributed by atoms with Gasteiger partial charge >= 0.3 is 0 Å². The van der Waals surface area contributed by atoms with Crippen LogP contribution in [0.5, 0.6) is 0 Å². The largest absolute Gasteiger partial charge is 0.351 e. The van der Waals surface area contributed by atoms with E-state index in [4.69, 9.17) is 0 Å². The zero-order valence-electron chi connectivity index (χ0n) is 14.7. The molecule has 0 radical (unpaired) electrons. The lowest BCUT2D eigenvalue weighted by Gasteiger charge is -2.11. The fourth-order valence-corrected chi connectivity index (χ4v) is 3.93. The lowest BCUT2D eigenvalue weighted by atomic mass is 10.2. The smallest absolute Gasteiger partial charge is 0.289 e. The van der Waals surface area contributed by atoms with Gasteiger partial charge in [0, 0.05) is 29.2 Å². The van der Waals surface area contributed by atoms with E-state index in [0.717, 1.165) is 12.1 Å². The maximum Gasteiger partial charge on any atom is 0.289 e. The second kappa shape index (κ2) is 8.59. The molecule has 0 aliphatic rings. The van der Waals surface area contributed by atoms with Crippen molar-refractivity contribution in [2.45, 2.75) is 9.79 Å². The molecule has 8 nitrogen and oxygen atoms in total. The van der Waals surface area contributed by atoms with Crippen LogP contribution in [-0.4, -0.2) is 51.3 Å². The normalized spacial score (nSPS) is 11.4. The van der Waals surface area contributed by atoms with Gasteiger partial charge in [0.1, 0.15) is 4.90 Å². The number of carbonyl (C=O) groups is 1. The fourth-order valence-electron chi connectivity index (χ4n) is 2.26. The van der Waals surface area contributed by atoms with Gasteiger partial charge in [-0.15, -0.1) is 0 Å². The van der Waals surface area contributed by atoms with Crippen LogP contribution >= 0.6 is 15.9 Å². The van der Waals surface area contributed by atoms with E-state index in [1.54, 1.807) is 0 Å². The second-order valence-electron chi connectivity index (χ2n) is 5.96. The first-order valence-electron chi connectivity index (χ1n) is 7.85. The van der Waals surface area contributed by atoms with Crippen molar-refractivity contribution in [3.63, 3.8) is 0 Å². The number of halogens is 1. The highest BCUT2D eigenvalue weighted by atomic mass is 79.9. The summed E-state index contributed by atoms with van der Waals surface area (Å²) in [6, 6.07) is 9.11. The summed E-state index contributed by atoms with van der Waals surface area (Å²) in [5.74, 6) is -0.507. The lowest BCUT2D eigenvalue weighted by molar-refractivity contribution is -0.387. The average Bonchev–Trinajstić information content (AvgIpc) is 2.61. The highest BCUT2D eigenvalue weighted by Crippen LogP contribution is 2.30. The lowest BCUT2D eigenvalue weighted by Crippen LogP contribution is -2.31. The number of rotatable bonds is 7. The van der Waals surface area contributed by atoms with Crippen molar-refractivity contribution in [1.29, 1.82) is 0 Å². The third-order valence-corrected chi connectivity index (χ3v) is 6.02. The van der Waals surface area contributed by atoms with Crippen LogP contribution in [-0.2, 0) is 9.84 Å². The Morgan fingerprint density at radius 1 is 1.19 bits per heavy atom. The molecule has 1 amide bonds. The van der Waals surface area contributed by atoms with Crippen molar-refractivity contribution in [1.82, 2.24) is 10.2 Å². The van der Waals surface area contributed by atoms with Gasteiger partial charge in [-0.25, -0.2) is 8.42 Å². The van der Waals surface area contributed by atoms with E-state index >= 15 is 0 Å². The molecule has 27 heavy (non-hydrogen) atoms. The zero-order chi connectivity index (χ0) is 20.2. The molecule has 2 rings (SSSR count). The number of sulfone groups is 1. The van der Waals surface area contributed by atoms with Crippen molar-refractivity contribution >= 4 is 37.4 Å². The number of nitro benzene ring substituents is 1. The van der Waals surface area contributed by atoms with Gasteiger partial charge in [0.25, 0.3) is 11.6 Å². The molecule has 0 heterocycles. The molecule has 0 aromatic heterocycles. The van der Waals surface area contributed by atoms with Crippen molar-refractivity contribution in [2.75, 3.05) is 27.2 Å². The Balaban J connectivity index is 2.39. The average molecular weight is 456 g/mol. The van der Waals surface area contributed by atoms with Crippen LogP contribution in [0.25, 0.3) is 0 Å². The van der Waals surface area contributed by atoms with Crippen LogP contribution in [0.4, 0.5) is 5.69 Å². The van der Waals surface area contributed by atoms with Crippen LogP contribution < -0.4 is 5.32 Å². The number of benzene rings is 2. The van der Waals surface area contributed by atoms with Crippen molar-refractivity contribution in [3.8, 4) is 0 Å². The summed E-state index contributed by atoms with van der Waals surface area (Å²) in [5, 5.41) is 14.1. The fraction of sp³-hybridized carbons (Fsp3) is 0.235. The van der Waals surface area contributed by atoms with E-state index in [1.807, 2.05) is 19.0 Å². The standard InChI is InChI=1S/C17H18BrN3O5S/c1-20(2)10-9-19-17(22)12-3-8-16(15(11-12)21(23)24)27(25,26)14-6-4-13(18)5-7-14/h3-8,11H,9-10H2,1-2H3,(H,19,22). The first kappa shape index (κ1) is 21.0. The van der Waals surface area contributed by atoms with Crippen molar-refractivity contribution in [3.05, 3.63) is 62.6 Å². The molecule has 1 N–H and O–H groups in total. The predicted molar refractivity (Wildman–Crippen MR) is 104 cm³/mol. The van der Waals surface area contributed by atoms with Crippen LogP contribution in [0.1, 0.15) is 10.4 Å². The molecule has 0 bridgehead atoms. The Labute approximate surface area is 165 Å². The van der Waals surface area contributed by atoms with Gasteiger partial charge in [-0.2, -0.15) is 0 Å². The molecule has 0 atom stereocenters. The topological polar surface area (TPSA) is 110 Å². The minimum Gasteiger partial charge on any atom is -0.351 e. The first-order valence-corrected chi connectivity index (χ1v) is 10.1. The highest BCUT2D eigenvalue weighted by molar-refractivity contribution is 9.10. The molecular weight excluding hydrogens is 438 g/mol. The molecule has 0 saturated carbocycles. The monoisotopic (exact) mass is 455 g/mol. The zero-order valence-corrected chi connectivity index (χ0v) is 17.1. The van der Waals surface area contributed by atoms with Gasteiger partial charge in [-0.05, 0) is 50.5 Å². The summed E-state index contributed by atoms with van der Waals surface area (Å²) < 4.78 is 26.2. The number of nitro groups is 1. The second-order valence-corrected chi connectivity index (χ2v) is 8.79. The first-order chi connectivity index (χ1) is 12.6. The molecule has 0 spiro atoms. The number of hydrogen-bond acceptors (Lipinski definition) is 6. The van der Waals surface area contributed by atoms with Gasteiger partial charge in [0.05, 0.1) is 9.82 Å². The quantitative estimate of drug-likeness (QED) is 0.507. The summed E-state index contributed by atoms with van der Waals surface area (Å²) in [5.41, 5.74) is -0.617. The minimum absolute atomic E-state index is 0.0233. The molecule has 0 saturated heterocycles. The summed E-state index contributed by atoms with van der Waals surface area (Å²) in [6.07, 6.45) is 0. The van der Waals surface area contributed by atoms with Crippen LogP contribution in [0.2, 0.25) is 0 Å². The molecule has 0 aliphatic carbocycles. The van der Waals surface area contributed by atoms with Crippen molar-refractivity contribution in [2.24, 2.45) is 0 Å². The third kappa shape index (κ3) is 5.12. The summed E-state index contributed by atoms with van der Waals surface area (Å²) in [7, 11) is -0.411. The van der Waals surface area contributed by atoms with E-state index in [9.17, 15) is 23.3 Å². The number of amides is 1. The van der Waals surface area contributed by atoms with Gasteiger partial charge in [-0.3, -0.25) is 14.9 Å². The van der Waals surface area contributed by atoms with E-state index < -0.39 is 31.3 Å². The number of hydrogen-bond donors (Lipinski definition) is 1. The van der Waals surface area contributed by atoms with Crippen LogP contribution in [0.3, 0.4) is 0 Å². The maximum atomic E-state index is 12.8. The third-order valence-electron chi connectivity index (χ3n) is 3.68. The summed E-state index contributed by atoms with van der Waals surface area (Å²) in [6.45, 7) is 0.961. The van der Waals surface area contributed by atoms with Crippen LogP contribution in [0.15, 0.2) is 56.7 Å². The molecule has 10 heteroatoms. The van der Waals surface area contributed by atoms with E-state index in [1.165, 1.54) is 30.3 Å². The maximum absolute atomic E-state index is 12.8. The van der Waals surface area contributed by atoms with Gasteiger partial charge < -0.3 is 10.2 Å². The van der Waals surface area contributed by atoms with E-state index in [-0.39, 0.29) is 10.5 Å². The van der Waals surface area contributed by atoms with Gasteiger partial charge in [-0.1, -0.05) is 15.9 Å². The molecule has 2 aromatic carbocycles. The Morgan fingerprint density at radius 2 is 1.81 bits per heavy atom. The Hall–Kier alpha value is -2.30. The van der Waals surface area contributed by atoms with Gasteiger partial charge in [0.15, 0.2) is 0 Å². The molecule has 144 valence electrons. The van der Waals surface area contributed by atoms with E-state index in [0.29, 0.717) is 17.6 Å². The summed E-state index contributed by atoms with van der Waals surface area (Å²) in [4.78, 5) is 24.1. The Morgan fingerprint density at radius 3 is 2.37 bits per heavy atom. The number of nitrogens with zero attached hydrogens (tertiary/aromatic N) is 2. The highest BCUT2D eigenvalue weighted by Gasteiger charge is 2.28. The molecule has 2 aromatic rings. The molecular formula is C17H18BrN3O5S. The summed E-state index contributed by atoms with van der Waals surface area (Å²) >= 11 is 3.21. The van der Waals surface area contributed by atoms with Gasteiger partial charge in [0.2, 0.25) is 9.84 Å². The Kier molecular flexibility index (Phi) is 6.68. The van der Waals surface area contributed by atoms with Crippen LogP contribution in [0, 0.1) is 10.1 Å². The molecule has 0 aliphatic heterocycles. The molecule has 0 fully saturated rings. The predicted octanol–water partition coefficient (Wildman–Crippen LogP) is 2.48. The molecule has 0 unspecified atom stereocenters. The van der Waals surface area contributed by atoms with E-state index in [2.05, 4.69) is 21.2 Å². The Bertz CT molecular complexity index is 959. The SMILES string of the molecule is CN(C)CCNC(=O)c1ccc(S(=O)(=O)c2ccc(Br)cc2)c([N+](=O)[O-])c1. The minimum atomic E-state index is -4.10. The number of likely N-dealkylation sites (N-methyl/N-ethyl adjacent to an activating group) is 1. The van der Waals surface area contributed by atoms with Crippen molar-refractivity contribution < 1.29 is 18.1 Å². The number of carbonyl (C=O) groups excluding carboxylic acids is 1. The number of nitrogens with one attached hydrogen (secondary N) is 1.